The van der Waals surface area contributed by atoms with Crippen LogP contribution in [0.25, 0.3) is 6.08 Å². The summed E-state index contributed by atoms with van der Waals surface area (Å²) in [7, 11) is 0. The molecule has 3 rings (SSSR count). The topological polar surface area (TPSA) is 85.2 Å². The van der Waals surface area contributed by atoms with Gasteiger partial charge in [0.05, 0.1) is 23.5 Å². The van der Waals surface area contributed by atoms with Gasteiger partial charge in [-0.15, -0.1) is 0 Å². The average molecular weight is 426 g/mol. The molecule has 0 saturated heterocycles. The number of aliphatic imine (C=N–C) groups is 1. The highest BCUT2D eigenvalue weighted by molar-refractivity contribution is 5.99. The number of aliphatic hydroxyl groups is 1. The third-order valence-electron chi connectivity index (χ3n) is 5.69. The number of carbonyl (C=O) groups excluding carboxylic acids is 2. The minimum atomic E-state index is -1.28. The summed E-state index contributed by atoms with van der Waals surface area (Å²) in [6.45, 7) is 9.28. The van der Waals surface area contributed by atoms with Gasteiger partial charge in [-0.05, 0) is 51.3 Å². The summed E-state index contributed by atoms with van der Waals surface area (Å²) >= 11 is 0. The molecular weight excluding hydrogens is 394 g/mol. The highest BCUT2D eigenvalue weighted by atomic mass is 16.5. The van der Waals surface area contributed by atoms with E-state index in [1.807, 2.05) is 52.1 Å². The van der Waals surface area contributed by atoms with Gasteiger partial charge >= 0.3 is 5.97 Å². The molecule has 1 N–H and O–H groups in total. The van der Waals surface area contributed by atoms with Crippen LogP contribution in [-0.2, 0) is 20.7 Å². The smallest absolute Gasteiger partial charge is 0.339 e. The maximum atomic E-state index is 13.1. The molecule has 31 heavy (non-hydrogen) atoms. The standard InChI is InChI=1S/C25H31NO5/c1-14(2)30-21-8-6-7-19-22(16(4)13-18-11-12-26-23(18)19)25(29)31-17(5)15(3)9-10-20(27)24(21)28/h6-7,9-10,12-15,17,21,24,28H,8,11H2,1-5H3/b7-6+,10-9-/t15-,17+,21+,24-/m1/s1. The van der Waals surface area contributed by atoms with Crippen LogP contribution in [0.2, 0.25) is 0 Å². The number of nitrogens with zero attached hydrogens (tertiary/aromatic N) is 1. The first kappa shape index (κ1) is 23.1. The molecule has 6 heteroatoms. The van der Waals surface area contributed by atoms with Crippen molar-refractivity contribution in [1.29, 1.82) is 0 Å². The zero-order chi connectivity index (χ0) is 22.7. The van der Waals surface area contributed by atoms with Gasteiger partial charge < -0.3 is 14.6 Å². The number of rotatable bonds is 2. The molecule has 0 saturated carbocycles. The largest absolute Gasteiger partial charge is 0.458 e. The van der Waals surface area contributed by atoms with Gasteiger partial charge in [0.2, 0.25) is 0 Å². The van der Waals surface area contributed by atoms with Gasteiger partial charge in [0.15, 0.2) is 5.78 Å². The van der Waals surface area contributed by atoms with Gasteiger partial charge in [-0.3, -0.25) is 9.79 Å². The van der Waals surface area contributed by atoms with Crippen LogP contribution in [0.15, 0.2) is 29.3 Å². The minimum absolute atomic E-state index is 0.152. The Bertz CT molecular complexity index is 944. The van der Waals surface area contributed by atoms with E-state index in [2.05, 4.69) is 4.99 Å². The number of benzene rings is 1. The Morgan fingerprint density at radius 1 is 1.23 bits per heavy atom. The summed E-state index contributed by atoms with van der Waals surface area (Å²) in [5.41, 5.74) is 3.85. The SMILES string of the molecule is Cc1cc2c(c3c1C(=O)O[C@@H](C)[C@H](C)/C=C\C(=O)[C@@H](O)[C@@H](OC(C)C)C/C=C/3)N=CC2. The number of hydrogen-bond acceptors (Lipinski definition) is 6. The Balaban J connectivity index is 2.09. The second-order valence-corrected chi connectivity index (χ2v) is 8.54. The number of aryl methyl sites for hydroxylation is 1. The fourth-order valence-corrected chi connectivity index (χ4v) is 3.83. The molecule has 0 fully saturated rings. The van der Waals surface area contributed by atoms with E-state index in [1.54, 1.807) is 13.0 Å². The molecule has 0 spiro atoms. The van der Waals surface area contributed by atoms with Crippen LogP contribution in [-0.4, -0.2) is 47.5 Å². The second-order valence-electron chi connectivity index (χ2n) is 8.54. The number of fused-ring (bicyclic) bond motifs is 3. The molecule has 0 amide bonds. The summed E-state index contributed by atoms with van der Waals surface area (Å²) < 4.78 is 11.6. The van der Waals surface area contributed by atoms with Crippen molar-refractivity contribution in [1.82, 2.24) is 0 Å². The molecule has 2 heterocycles. The predicted molar refractivity (Wildman–Crippen MR) is 121 cm³/mol. The average Bonchev–Trinajstić information content (AvgIpc) is 3.17. The lowest BCUT2D eigenvalue weighted by atomic mass is 9.94. The van der Waals surface area contributed by atoms with E-state index in [4.69, 9.17) is 9.47 Å². The maximum absolute atomic E-state index is 13.1. The van der Waals surface area contributed by atoms with Crippen molar-refractivity contribution in [3.63, 3.8) is 0 Å². The van der Waals surface area contributed by atoms with Crippen molar-refractivity contribution in [3.05, 3.63) is 46.5 Å². The van der Waals surface area contributed by atoms with E-state index in [9.17, 15) is 14.7 Å². The molecule has 2 aliphatic rings. The molecule has 2 aliphatic heterocycles. The van der Waals surface area contributed by atoms with E-state index < -0.39 is 30.1 Å². The van der Waals surface area contributed by atoms with E-state index in [0.29, 0.717) is 17.5 Å². The van der Waals surface area contributed by atoms with E-state index in [-0.39, 0.29) is 12.0 Å². The van der Waals surface area contributed by atoms with Crippen LogP contribution >= 0.6 is 0 Å². The molecule has 4 atom stereocenters. The number of esters is 1. The number of carbonyl (C=O) groups is 2. The Labute approximate surface area is 183 Å². The molecule has 0 bridgehead atoms. The van der Waals surface area contributed by atoms with Gasteiger partial charge in [0, 0.05) is 24.1 Å². The van der Waals surface area contributed by atoms with Crippen LogP contribution in [0, 0.1) is 12.8 Å². The number of hydrogen-bond donors (Lipinski definition) is 1. The zero-order valence-electron chi connectivity index (χ0n) is 18.8. The number of cyclic esters (lactones) is 1. The number of ketones is 1. The summed E-state index contributed by atoms with van der Waals surface area (Å²) in [5, 5.41) is 10.6. The van der Waals surface area contributed by atoms with Crippen molar-refractivity contribution in [2.45, 2.75) is 71.9 Å². The molecule has 1 aromatic carbocycles. The van der Waals surface area contributed by atoms with Gasteiger partial charge in [-0.25, -0.2) is 4.79 Å². The third kappa shape index (κ3) is 5.20. The Kier molecular flexibility index (Phi) is 7.23. The monoisotopic (exact) mass is 425 g/mol. The zero-order valence-corrected chi connectivity index (χ0v) is 18.8. The maximum Gasteiger partial charge on any atom is 0.339 e. The van der Waals surface area contributed by atoms with E-state index in [0.717, 1.165) is 23.2 Å². The second kappa shape index (κ2) is 9.71. The van der Waals surface area contributed by atoms with Gasteiger partial charge in [-0.2, -0.15) is 0 Å². The molecule has 6 nitrogen and oxygen atoms in total. The highest BCUT2D eigenvalue weighted by Crippen LogP contribution is 2.35. The van der Waals surface area contributed by atoms with Crippen molar-refractivity contribution < 1.29 is 24.2 Å². The lowest BCUT2D eigenvalue weighted by molar-refractivity contribution is -0.133. The molecule has 1 aromatic rings. The molecule has 0 radical (unpaired) electrons. The van der Waals surface area contributed by atoms with Crippen molar-refractivity contribution in [2.24, 2.45) is 10.9 Å². The number of aliphatic hydroxyl groups excluding tert-OH is 1. The fraction of sp³-hybridized carbons (Fsp3) is 0.480. The lowest BCUT2D eigenvalue weighted by Crippen LogP contribution is -2.36. The number of ether oxygens (including phenoxy) is 2. The van der Waals surface area contributed by atoms with Crippen molar-refractivity contribution in [3.8, 4) is 0 Å². The van der Waals surface area contributed by atoms with Gasteiger partial charge in [0.25, 0.3) is 0 Å². The van der Waals surface area contributed by atoms with Crippen LogP contribution in [0.3, 0.4) is 0 Å². The molecule has 166 valence electrons. The fourth-order valence-electron chi connectivity index (χ4n) is 3.83. The highest BCUT2D eigenvalue weighted by Gasteiger charge is 2.28. The molecule has 0 aliphatic carbocycles. The molecular formula is C25H31NO5. The minimum Gasteiger partial charge on any atom is -0.458 e. The van der Waals surface area contributed by atoms with Gasteiger partial charge in [0.1, 0.15) is 12.2 Å². The summed E-state index contributed by atoms with van der Waals surface area (Å²) in [5.74, 6) is -1.05. The first-order valence-corrected chi connectivity index (χ1v) is 10.8. The molecule has 0 unspecified atom stereocenters. The summed E-state index contributed by atoms with van der Waals surface area (Å²) in [6.07, 6.45) is 6.95. The quantitative estimate of drug-likeness (QED) is 0.720. The van der Waals surface area contributed by atoms with Crippen LogP contribution < -0.4 is 0 Å². The molecule has 0 aromatic heterocycles. The normalized spacial score (nSPS) is 28.6. The summed E-state index contributed by atoms with van der Waals surface area (Å²) in [6, 6.07) is 1.99. The van der Waals surface area contributed by atoms with Crippen LogP contribution in [0.5, 0.6) is 0 Å². The third-order valence-corrected chi connectivity index (χ3v) is 5.69. The lowest BCUT2D eigenvalue weighted by Gasteiger charge is -2.24. The van der Waals surface area contributed by atoms with Crippen LogP contribution in [0.4, 0.5) is 5.69 Å². The van der Waals surface area contributed by atoms with Gasteiger partial charge in [-0.1, -0.05) is 31.2 Å². The van der Waals surface area contributed by atoms with E-state index in [1.165, 1.54) is 6.08 Å². The summed E-state index contributed by atoms with van der Waals surface area (Å²) in [4.78, 5) is 30.1. The van der Waals surface area contributed by atoms with Crippen molar-refractivity contribution in [2.75, 3.05) is 0 Å². The van der Waals surface area contributed by atoms with E-state index >= 15 is 0 Å². The first-order valence-electron chi connectivity index (χ1n) is 10.8. The predicted octanol–water partition coefficient (Wildman–Crippen LogP) is 4.13. The van der Waals surface area contributed by atoms with Crippen LogP contribution in [0.1, 0.15) is 61.2 Å². The first-order chi connectivity index (χ1) is 14.7. The Morgan fingerprint density at radius 2 is 1.97 bits per heavy atom. The van der Waals surface area contributed by atoms with Crippen molar-refractivity contribution >= 4 is 29.7 Å². The Morgan fingerprint density at radius 3 is 2.68 bits per heavy atom. The Hall–Kier alpha value is -2.57.